The number of ketones is 3. The molecule has 0 saturated heterocycles. The molecule has 0 aromatic rings. The largest absolute Gasteiger partial charge is 0.480 e. The minimum absolute atomic E-state index is 0.00463. The van der Waals surface area contributed by atoms with E-state index in [2.05, 4.69) is 12.6 Å². The summed E-state index contributed by atoms with van der Waals surface area (Å²) in [6.07, 6.45) is 0. The van der Waals surface area contributed by atoms with E-state index in [0.29, 0.717) is 17.3 Å². The minimum atomic E-state index is -1.04. The fourth-order valence-electron chi connectivity index (χ4n) is 1.15. The van der Waals surface area contributed by atoms with Gasteiger partial charge in [-0.25, -0.2) is 0 Å². The third-order valence-corrected chi connectivity index (χ3v) is 6.36. The van der Waals surface area contributed by atoms with Gasteiger partial charge in [0.05, 0.1) is 18.1 Å². The van der Waals surface area contributed by atoms with Gasteiger partial charge < -0.3 is 38.9 Å². The van der Waals surface area contributed by atoms with Crippen LogP contribution in [0.1, 0.15) is 20.8 Å². The molecule has 0 aliphatic rings. The second-order valence-corrected chi connectivity index (χ2v) is 9.31. The quantitative estimate of drug-likeness (QED) is 0.112. The molecule has 0 aliphatic carbocycles. The number of thiol groups is 1. The molecule has 0 aliphatic heterocycles. The van der Waals surface area contributed by atoms with Crippen LogP contribution >= 0.6 is 36.2 Å². The van der Waals surface area contributed by atoms with Gasteiger partial charge in [0.1, 0.15) is 29.4 Å². The molecule has 0 amide bonds. The van der Waals surface area contributed by atoms with Gasteiger partial charge in [0, 0.05) is 28.8 Å². The summed E-state index contributed by atoms with van der Waals surface area (Å²) in [6, 6.07) is -3.19. The van der Waals surface area contributed by atoms with Crippen LogP contribution in [0, 0.1) is 0 Å². The van der Waals surface area contributed by atoms with Crippen LogP contribution in [-0.2, 0) is 24.0 Å². The number of rotatable bonds is 14. The lowest BCUT2D eigenvalue weighted by atomic mass is 10.3. The predicted octanol–water partition coefficient (Wildman–Crippen LogP) is -2.07. The van der Waals surface area contributed by atoms with E-state index < -0.39 is 36.1 Å². The number of nitrogens with two attached hydrogens (primary N) is 5. The average Bonchev–Trinajstić information content (AvgIpc) is 2.72. The molecule has 33 heavy (non-hydrogen) atoms. The number of carbonyl (C=O) groups excluding carboxylic acids is 3. The Bertz CT molecular complexity index is 546. The molecule has 194 valence electrons. The lowest BCUT2D eigenvalue weighted by Gasteiger charge is -2.08. The van der Waals surface area contributed by atoms with Gasteiger partial charge in [-0.3, -0.25) is 24.0 Å². The number of Topliss-reactive ketones (excluding diaryl/α,β-unsaturated/α-hetero) is 3. The molecule has 0 unspecified atom stereocenters. The van der Waals surface area contributed by atoms with Crippen molar-refractivity contribution in [2.75, 3.05) is 28.8 Å². The van der Waals surface area contributed by atoms with Gasteiger partial charge in [0.25, 0.3) is 0 Å². The van der Waals surface area contributed by atoms with E-state index in [4.69, 9.17) is 38.9 Å². The highest BCUT2D eigenvalue weighted by Gasteiger charge is 2.14. The Kier molecular flexibility index (Phi) is 23.5. The topological polar surface area (TPSA) is 256 Å². The van der Waals surface area contributed by atoms with Gasteiger partial charge in [0.15, 0.2) is 0 Å². The van der Waals surface area contributed by atoms with Crippen LogP contribution in [0.4, 0.5) is 0 Å². The van der Waals surface area contributed by atoms with Gasteiger partial charge >= 0.3 is 11.9 Å². The van der Waals surface area contributed by atoms with Crippen LogP contribution in [0.3, 0.4) is 0 Å². The first kappa shape index (κ1) is 36.4. The summed E-state index contributed by atoms with van der Waals surface area (Å²) in [4.78, 5) is 52.1. The number of hydrogen-bond donors (Lipinski definition) is 8. The van der Waals surface area contributed by atoms with Gasteiger partial charge in [-0.2, -0.15) is 36.2 Å². The summed E-state index contributed by atoms with van der Waals surface area (Å²) in [5, 5.41) is 16.8. The molecule has 0 saturated carbocycles. The maximum absolute atomic E-state index is 10.7. The van der Waals surface area contributed by atoms with Gasteiger partial charge in [-0.05, 0) is 20.8 Å². The van der Waals surface area contributed by atoms with E-state index in [9.17, 15) is 24.0 Å². The second-order valence-electron chi connectivity index (χ2n) is 6.80. The highest BCUT2D eigenvalue weighted by atomic mass is 32.2. The average molecular weight is 532 g/mol. The van der Waals surface area contributed by atoms with E-state index in [-0.39, 0.29) is 34.9 Å². The van der Waals surface area contributed by atoms with Crippen LogP contribution in [0.5, 0.6) is 0 Å². The summed E-state index contributed by atoms with van der Waals surface area (Å²) < 4.78 is 0. The maximum Gasteiger partial charge on any atom is 0.321 e. The van der Waals surface area contributed by atoms with Crippen molar-refractivity contribution in [3.63, 3.8) is 0 Å². The lowest BCUT2D eigenvalue weighted by Crippen LogP contribution is -2.35. The molecule has 0 fully saturated rings. The van der Waals surface area contributed by atoms with E-state index in [1.54, 1.807) is 0 Å². The molecule has 5 atom stereocenters. The molecule has 15 heteroatoms. The minimum Gasteiger partial charge on any atom is -0.480 e. The van der Waals surface area contributed by atoms with Crippen LogP contribution < -0.4 is 28.7 Å². The monoisotopic (exact) mass is 531 g/mol. The van der Waals surface area contributed by atoms with Crippen molar-refractivity contribution >= 4 is 65.4 Å². The molecule has 12 nitrogen and oxygen atoms in total. The lowest BCUT2D eigenvalue weighted by molar-refractivity contribution is -0.138. The van der Waals surface area contributed by atoms with E-state index >= 15 is 0 Å². The fourth-order valence-corrected chi connectivity index (χ4v) is 3.45. The molecule has 0 aromatic carbocycles. The van der Waals surface area contributed by atoms with Crippen LogP contribution in [0.2, 0.25) is 0 Å². The highest BCUT2D eigenvalue weighted by Crippen LogP contribution is 2.04. The maximum atomic E-state index is 10.7. The summed E-state index contributed by atoms with van der Waals surface area (Å²) in [6.45, 7) is 4.27. The zero-order valence-electron chi connectivity index (χ0n) is 19.0. The Labute approximate surface area is 207 Å². The van der Waals surface area contributed by atoms with Crippen molar-refractivity contribution in [3.05, 3.63) is 0 Å². The van der Waals surface area contributed by atoms with Crippen molar-refractivity contribution in [1.82, 2.24) is 0 Å². The number of carbonyl (C=O) groups is 5. The van der Waals surface area contributed by atoms with Crippen molar-refractivity contribution < 1.29 is 34.2 Å². The molecule has 0 bridgehead atoms. The van der Waals surface area contributed by atoms with Crippen LogP contribution in [0.25, 0.3) is 0 Å². The molecule has 0 rings (SSSR count). The molecule has 12 N–H and O–H groups in total. The van der Waals surface area contributed by atoms with Gasteiger partial charge in [-0.1, -0.05) is 0 Å². The Morgan fingerprint density at radius 2 is 0.848 bits per heavy atom. The van der Waals surface area contributed by atoms with Crippen LogP contribution in [0.15, 0.2) is 0 Å². The molecular weight excluding hydrogens is 494 g/mol. The number of hydrogen-bond acceptors (Lipinski definition) is 13. The summed E-state index contributed by atoms with van der Waals surface area (Å²) >= 11 is 6.36. The third-order valence-electron chi connectivity index (χ3n) is 3.59. The summed E-state index contributed by atoms with van der Waals surface area (Å²) in [5.41, 5.74) is 26.5. The first-order valence-corrected chi connectivity index (χ1v) is 12.5. The SMILES string of the molecule is CC(=O)[C@@H](N)CS.CC(=O)[C@@H](N)CSC[C@@H](N)C(=O)O.CC(=O)[C@H](N)CSC[C@H](N)C(=O)O. The summed E-state index contributed by atoms with van der Waals surface area (Å²) in [7, 11) is 0. The van der Waals surface area contributed by atoms with E-state index in [1.165, 1.54) is 44.3 Å². The standard InChI is InChI=1S/2C7H14N2O3S.C4H9NOS/c2*1-4(10)5(8)2-13-3-6(9)7(11)12;1-3(6)4(5)2-7/h2*5-6H,2-3,8-9H2,1H3,(H,11,12);4,7H,2,5H2,1H3/t2*5-,6+;4-/m100/s1. The second kappa shape index (κ2) is 21.3. The molecule has 0 radical (unpaired) electrons. The fraction of sp³-hybridized carbons (Fsp3) is 0.722. The zero-order chi connectivity index (χ0) is 26.7. The van der Waals surface area contributed by atoms with Gasteiger partial charge in [0.2, 0.25) is 0 Å². The van der Waals surface area contributed by atoms with Crippen molar-refractivity contribution in [1.29, 1.82) is 0 Å². The molecule has 0 aromatic heterocycles. The van der Waals surface area contributed by atoms with Crippen LogP contribution in [-0.4, -0.2) is 98.5 Å². The number of carboxylic acids is 2. The Hall–Kier alpha value is -1.20. The number of thioether (sulfide) groups is 2. The highest BCUT2D eigenvalue weighted by molar-refractivity contribution is 7.99. The van der Waals surface area contributed by atoms with E-state index in [1.807, 2.05) is 0 Å². The Morgan fingerprint density at radius 3 is 1.00 bits per heavy atom. The van der Waals surface area contributed by atoms with Crippen molar-refractivity contribution in [2.45, 2.75) is 51.0 Å². The first-order chi connectivity index (χ1) is 15.1. The van der Waals surface area contributed by atoms with Gasteiger partial charge in [-0.15, -0.1) is 0 Å². The first-order valence-electron chi connectivity index (χ1n) is 9.59. The molecule has 0 spiro atoms. The van der Waals surface area contributed by atoms with Crippen molar-refractivity contribution in [3.8, 4) is 0 Å². The number of carboxylic acid groups (broad SMARTS) is 2. The smallest absolute Gasteiger partial charge is 0.321 e. The molecule has 0 heterocycles. The third kappa shape index (κ3) is 23.7. The predicted molar refractivity (Wildman–Crippen MR) is 136 cm³/mol. The molecular formula is C18H37N5O7S3. The van der Waals surface area contributed by atoms with Crippen molar-refractivity contribution in [2.24, 2.45) is 28.7 Å². The zero-order valence-corrected chi connectivity index (χ0v) is 21.5. The summed E-state index contributed by atoms with van der Waals surface area (Å²) in [5.74, 6) is -0.468. The van der Waals surface area contributed by atoms with E-state index in [0.717, 1.165) is 0 Å². The Morgan fingerprint density at radius 1 is 0.606 bits per heavy atom. The Balaban J connectivity index is -0.000000429. The normalized spacial score (nSPS) is 14.7. The number of aliphatic carboxylic acids is 2.